The molecule has 2 amide bonds. The summed E-state index contributed by atoms with van der Waals surface area (Å²) in [6.45, 7) is 3.57. The highest BCUT2D eigenvalue weighted by Gasteiger charge is 2.12. The van der Waals surface area contributed by atoms with Crippen LogP contribution in [0.15, 0.2) is 22.7 Å². The van der Waals surface area contributed by atoms with E-state index in [1.165, 1.54) is 6.92 Å². The van der Waals surface area contributed by atoms with Crippen LogP contribution in [0.4, 0.5) is 10.5 Å². The second-order valence-corrected chi connectivity index (χ2v) is 4.89. The van der Waals surface area contributed by atoms with Crippen molar-refractivity contribution in [1.82, 2.24) is 5.32 Å². The summed E-state index contributed by atoms with van der Waals surface area (Å²) in [5.74, 6) is -1.55. The van der Waals surface area contributed by atoms with Crippen molar-refractivity contribution in [1.29, 1.82) is 0 Å². The fraction of sp³-hybridized carbons (Fsp3) is 0.333. The number of carboxylic acids is 1. The van der Waals surface area contributed by atoms with Crippen molar-refractivity contribution in [2.75, 3.05) is 11.9 Å². The number of aryl methyl sites for hydroxylation is 1. The van der Waals surface area contributed by atoms with E-state index in [4.69, 9.17) is 5.11 Å². The lowest BCUT2D eigenvalue weighted by molar-refractivity contribution is -0.140. The second-order valence-electron chi connectivity index (χ2n) is 4.04. The van der Waals surface area contributed by atoms with Crippen molar-refractivity contribution in [3.63, 3.8) is 0 Å². The van der Waals surface area contributed by atoms with Crippen LogP contribution in [0.2, 0.25) is 0 Å². The molecule has 1 aromatic rings. The smallest absolute Gasteiger partial charge is 0.319 e. The summed E-state index contributed by atoms with van der Waals surface area (Å²) in [5, 5.41) is 13.8. The number of amides is 2. The Kier molecular flexibility index (Phi) is 5.15. The van der Waals surface area contributed by atoms with Crippen molar-refractivity contribution in [2.45, 2.75) is 13.8 Å². The number of rotatable bonds is 4. The lowest BCUT2D eigenvalue weighted by atomic mass is 10.2. The van der Waals surface area contributed by atoms with Crippen LogP contribution in [-0.4, -0.2) is 23.7 Å². The molecule has 0 radical (unpaired) electrons. The van der Waals surface area contributed by atoms with Gasteiger partial charge in [0.05, 0.1) is 5.92 Å². The standard InChI is InChI=1S/C12H15BrN2O3/c1-7-3-4-9(5-10(7)13)15-12(18)14-6-8(2)11(16)17/h3-5,8H,6H2,1-2H3,(H,16,17)(H2,14,15,18). The van der Waals surface area contributed by atoms with Gasteiger partial charge in [-0.05, 0) is 24.6 Å². The van der Waals surface area contributed by atoms with E-state index >= 15 is 0 Å². The van der Waals surface area contributed by atoms with Crippen LogP contribution in [-0.2, 0) is 4.79 Å². The van der Waals surface area contributed by atoms with E-state index in [1.807, 2.05) is 13.0 Å². The number of anilines is 1. The highest BCUT2D eigenvalue weighted by Crippen LogP contribution is 2.20. The van der Waals surface area contributed by atoms with E-state index in [-0.39, 0.29) is 6.54 Å². The summed E-state index contributed by atoms with van der Waals surface area (Å²) in [5.41, 5.74) is 1.72. The molecule has 98 valence electrons. The molecular formula is C12H15BrN2O3. The summed E-state index contributed by atoms with van der Waals surface area (Å²) in [6, 6.07) is 5.02. The van der Waals surface area contributed by atoms with E-state index in [2.05, 4.69) is 26.6 Å². The van der Waals surface area contributed by atoms with E-state index in [1.54, 1.807) is 12.1 Å². The maximum atomic E-state index is 11.5. The number of urea groups is 1. The van der Waals surface area contributed by atoms with E-state index in [9.17, 15) is 9.59 Å². The Morgan fingerprint density at radius 1 is 1.44 bits per heavy atom. The van der Waals surface area contributed by atoms with E-state index in [0.29, 0.717) is 5.69 Å². The Morgan fingerprint density at radius 2 is 2.11 bits per heavy atom. The number of aliphatic carboxylic acids is 1. The molecule has 5 nitrogen and oxygen atoms in total. The first-order valence-corrected chi connectivity index (χ1v) is 6.23. The molecule has 1 unspecified atom stereocenters. The molecule has 0 saturated carbocycles. The number of benzene rings is 1. The molecule has 1 aromatic carbocycles. The van der Waals surface area contributed by atoms with Crippen LogP contribution in [0.1, 0.15) is 12.5 Å². The third kappa shape index (κ3) is 4.37. The molecule has 1 atom stereocenters. The lowest BCUT2D eigenvalue weighted by Gasteiger charge is -2.10. The Bertz CT molecular complexity index is 463. The van der Waals surface area contributed by atoms with Gasteiger partial charge in [-0.2, -0.15) is 0 Å². The third-order valence-electron chi connectivity index (χ3n) is 2.42. The fourth-order valence-electron chi connectivity index (χ4n) is 1.18. The first-order valence-electron chi connectivity index (χ1n) is 5.44. The number of carbonyl (C=O) groups excluding carboxylic acids is 1. The first-order chi connectivity index (χ1) is 8.40. The highest BCUT2D eigenvalue weighted by molar-refractivity contribution is 9.10. The second kappa shape index (κ2) is 6.39. The maximum Gasteiger partial charge on any atom is 0.319 e. The topological polar surface area (TPSA) is 78.4 Å². The summed E-state index contributed by atoms with van der Waals surface area (Å²) in [4.78, 5) is 22.1. The Morgan fingerprint density at radius 3 is 2.67 bits per heavy atom. The van der Waals surface area contributed by atoms with Gasteiger partial charge in [-0.3, -0.25) is 4.79 Å². The molecule has 3 N–H and O–H groups in total. The van der Waals surface area contributed by atoms with E-state index < -0.39 is 17.9 Å². The van der Waals surface area contributed by atoms with Gasteiger partial charge in [-0.15, -0.1) is 0 Å². The van der Waals surface area contributed by atoms with Gasteiger partial charge in [0.15, 0.2) is 0 Å². The Hall–Kier alpha value is -1.56. The van der Waals surface area contributed by atoms with Gasteiger partial charge in [0.2, 0.25) is 0 Å². The number of halogens is 1. The summed E-state index contributed by atoms with van der Waals surface area (Å²) < 4.78 is 0.902. The van der Waals surface area contributed by atoms with Gasteiger partial charge in [0, 0.05) is 16.7 Å². The minimum atomic E-state index is -0.937. The van der Waals surface area contributed by atoms with Gasteiger partial charge in [0.25, 0.3) is 0 Å². The van der Waals surface area contributed by atoms with Crippen molar-refractivity contribution in [3.8, 4) is 0 Å². The predicted octanol–water partition coefficient (Wildman–Crippen LogP) is 2.60. The van der Waals surface area contributed by atoms with Crippen LogP contribution >= 0.6 is 15.9 Å². The first kappa shape index (κ1) is 14.5. The third-order valence-corrected chi connectivity index (χ3v) is 3.27. The van der Waals surface area contributed by atoms with Crippen molar-refractivity contribution in [3.05, 3.63) is 28.2 Å². The maximum absolute atomic E-state index is 11.5. The molecule has 0 bridgehead atoms. The predicted molar refractivity (Wildman–Crippen MR) is 72.7 cm³/mol. The number of hydrogen-bond donors (Lipinski definition) is 3. The minimum Gasteiger partial charge on any atom is -0.481 e. The van der Waals surface area contributed by atoms with Crippen LogP contribution in [0, 0.1) is 12.8 Å². The minimum absolute atomic E-state index is 0.0915. The summed E-state index contributed by atoms with van der Waals surface area (Å²) in [7, 11) is 0. The summed E-state index contributed by atoms with van der Waals surface area (Å²) in [6.07, 6.45) is 0. The average molecular weight is 315 g/mol. The molecule has 18 heavy (non-hydrogen) atoms. The van der Waals surface area contributed by atoms with Crippen LogP contribution in [0.25, 0.3) is 0 Å². The van der Waals surface area contributed by atoms with Gasteiger partial charge >= 0.3 is 12.0 Å². The summed E-state index contributed by atoms with van der Waals surface area (Å²) >= 11 is 3.37. The Labute approximate surface area is 114 Å². The zero-order valence-corrected chi connectivity index (χ0v) is 11.7. The average Bonchev–Trinajstić information content (AvgIpc) is 2.30. The molecule has 0 aliphatic carbocycles. The monoisotopic (exact) mass is 314 g/mol. The molecule has 6 heteroatoms. The SMILES string of the molecule is Cc1ccc(NC(=O)NCC(C)C(=O)O)cc1Br. The molecule has 0 aliphatic heterocycles. The van der Waals surface area contributed by atoms with Gasteiger partial charge in [0.1, 0.15) is 0 Å². The van der Waals surface area contributed by atoms with Gasteiger partial charge in [-0.25, -0.2) is 4.79 Å². The molecule has 0 aromatic heterocycles. The molecule has 0 spiro atoms. The highest BCUT2D eigenvalue weighted by atomic mass is 79.9. The number of carboxylic acid groups (broad SMARTS) is 1. The molecule has 0 heterocycles. The normalized spacial score (nSPS) is 11.7. The molecule has 0 fully saturated rings. The number of carbonyl (C=O) groups is 2. The number of nitrogens with one attached hydrogen (secondary N) is 2. The quantitative estimate of drug-likeness (QED) is 0.799. The van der Waals surface area contributed by atoms with Gasteiger partial charge in [-0.1, -0.05) is 28.9 Å². The zero-order valence-electron chi connectivity index (χ0n) is 10.2. The van der Waals surface area contributed by atoms with Crippen molar-refractivity contribution < 1.29 is 14.7 Å². The fourth-order valence-corrected chi connectivity index (χ4v) is 1.56. The molecule has 1 rings (SSSR count). The van der Waals surface area contributed by atoms with Crippen LogP contribution in [0.5, 0.6) is 0 Å². The molecule has 0 aliphatic rings. The van der Waals surface area contributed by atoms with Crippen molar-refractivity contribution >= 4 is 33.6 Å². The largest absolute Gasteiger partial charge is 0.481 e. The Balaban J connectivity index is 2.49. The van der Waals surface area contributed by atoms with Crippen LogP contribution in [0.3, 0.4) is 0 Å². The van der Waals surface area contributed by atoms with Crippen molar-refractivity contribution in [2.24, 2.45) is 5.92 Å². The number of hydrogen-bond acceptors (Lipinski definition) is 2. The lowest BCUT2D eigenvalue weighted by Crippen LogP contribution is -2.34. The van der Waals surface area contributed by atoms with Gasteiger partial charge < -0.3 is 15.7 Å². The molecule has 0 saturated heterocycles. The van der Waals surface area contributed by atoms with E-state index in [0.717, 1.165) is 10.0 Å². The zero-order chi connectivity index (χ0) is 13.7. The molecular weight excluding hydrogens is 300 g/mol. The van der Waals surface area contributed by atoms with Crippen LogP contribution < -0.4 is 10.6 Å².